The van der Waals surface area contributed by atoms with Gasteiger partial charge in [-0.25, -0.2) is 13.6 Å². The van der Waals surface area contributed by atoms with Gasteiger partial charge in [0.25, 0.3) is 0 Å². The highest BCUT2D eigenvalue weighted by atomic mass is 19.1. The van der Waals surface area contributed by atoms with Crippen molar-refractivity contribution in [1.82, 2.24) is 5.32 Å². The van der Waals surface area contributed by atoms with Crippen LogP contribution in [0.2, 0.25) is 0 Å². The number of aliphatic hydroxyl groups excluding tert-OH is 1. The monoisotopic (exact) mass is 259 g/mol. The lowest BCUT2D eigenvalue weighted by Gasteiger charge is -2.12. The first kappa shape index (κ1) is 12.6. The summed E-state index contributed by atoms with van der Waals surface area (Å²) in [6.45, 7) is -0.375. The number of nitrogens with one attached hydrogen (secondary N) is 1. The lowest BCUT2D eigenvalue weighted by Crippen LogP contribution is -2.22. The molecule has 1 amide bonds. The summed E-state index contributed by atoms with van der Waals surface area (Å²) in [5.74, 6) is -2.36. The molecule has 2 N–H and O–H groups in total. The van der Waals surface area contributed by atoms with Gasteiger partial charge in [-0.15, -0.1) is 0 Å². The molecular formula is C11H11F2NO4. The Bertz CT molecular complexity index is 443. The lowest BCUT2D eigenvalue weighted by atomic mass is 10.2. The molecule has 1 aromatic rings. The van der Waals surface area contributed by atoms with Crippen LogP contribution in [0.1, 0.15) is 5.56 Å². The summed E-state index contributed by atoms with van der Waals surface area (Å²) in [5.41, 5.74) is 0.117. The molecule has 5 nitrogen and oxygen atoms in total. The second-order valence-electron chi connectivity index (χ2n) is 3.77. The number of aliphatic hydroxyl groups is 1. The van der Waals surface area contributed by atoms with Crippen LogP contribution in [-0.4, -0.2) is 30.5 Å². The quantitative estimate of drug-likeness (QED) is 0.844. The van der Waals surface area contributed by atoms with Crippen LogP contribution in [0, 0.1) is 11.6 Å². The van der Waals surface area contributed by atoms with Crippen LogP contribution in [0.3, 0.4) is 0 Å². The Kier molecular flexibility index (Phi) is 3.61. The van der Waals surface area contributed by atoms with Crippen LogP contribution in [0.25, 0.3) is 0 Å². The maximum Gasteiger partial charge on any atom is 0.407 e. The van der Waals surface area contributed by atoms with E-state index in [1.54, 1.807) is 0 Å². The molecule has 0 aliphatic carbocycles. The van der Waals surface area contributed by atoms with E-state index in [1.807, 2.05) is 0 Å². The van der Waals surface area contributed by atoms with Gasteiger partial charge >= 0.3 is 6.09 Å². The average molecular weight is 259 g/mol. The third-order valence-electron chi connectivity index (χ3n) is 2.40. The Labute approximate surface area is 101 Å². The van der Waals surface area contributed by atoms with E-state index in [-0.39, 0.29) is 18.7 Å². The van der Waals surface area contributed by atoms with Gasteiger partial charge in [0.05, 0.1) is 13.2 Å². The van der Waals surface area contributed by atoms with E-state index in [2.05, 4.69) is 5.32 Å². The van der Waals surface area contributed by atoms with Gasteiger partial charge in [0.15, 0.2) is 23.5 Å². The zero-order valence-corrected chi connectivity index (χ0v) is 9.28. The number of hydrogen-bond acceptors (Lipinski definition) is 4. The number of hydrogen-bond donors (Lipinski definition) is 2. The van der Waals surface area contributed by atoms with E-state index in [1.165, 1.54) is 0 Å². The van der Waals surface area contributed by atoms with Crippen LogP contribution in [-0.2, 0) is 11.3 Å². The number of benzene rings is 1. The van der Waals surface area contributed by atoms with Gasteiger partial charge < -0.3 is 19.9 Å². The standard InChI is InChI=1S/C11H11F2NO4/c12-8-1-6(4-15)2-9(13)10(8)17-5-7-3-14-11(16)18-7/h1-2,7,15H,3-5H2,(H,14,16). The van der Waals surface area contributed by atoms with E-state index in [4.69, 9.17) is 14.6 Å². The summed E-state index contributed by atoms with van der Waals surface area (Å²) in [6, 6.07) is 1.97. The molecule has 1 aliphatic rings. The Morgan fingerprint density at radius 1 is 1.44 bits per heavy atom. The van der Waals surface area contributed by atoms with E-state index in [0.29, 0.717) is 0 Å². The molecule has 7 heteroatoms. The highest BCUT2D eigenvalue weighted by molar-refractivity contribution is 5.69. The summed E-state index contributed by atoms with van der Waals surface area (Å²) >= 11 is 0. The molecule has 1 atom stereocenters. The zero-order chi connectivity index (χ0) is 13.1. The Balaban J connectivity index is 2.03. The van der Waals surface area contributed by atoms with Gasteiger partial charge in [0, 0.05) is 0 Å². The van der Waals surface area contributed by atoms with Crippen LogP contribution >= 0.6 is 0 Å². The maximum absolute atomic E-state index is 13.4. The fourth-order valence-corrected chi connectivity index (χ4v) is 1.54. The summed E-state index contributed by atoms with van der Waals surface area (Å²) in [5, 5.41) is 11.2. The molecule has 2 rings (SSSR count). The third-order valence-corrected chi connectivity index (χ3v) is 2.40. The summed E-state index contributed by atoms with van der Waals surface area (Å²) in [4.78, 5) is 10.7. The van der Waals surface area contributed by atoms with Crippen LogP contribution in [0.5, 0.6) is 5.75 Å². The van der Waals surface area contributed by atoms with Gasteiger partial charge in [-0.1, -0.05) is 0 Å². The van der Waals surface area contributed by atoms with Crippen molar-refractivity contribution in [1.29, 1.82) is 0 Å². The van der Waals surface area contributed by atoms with Crippen molar-refractivity contribution in [3.63, 3.8) is 0 Å². The normalized spacial score (nSPS) is 18.4. The van der Waals surface area contributed by atoms with Crippen molar-refractivity contribution < 1.29 is 28.2 Å². The molecule has 1 aliphatic heterocycles. The molecule has 1 aromatic carbocycles. The Morgan fingerprint density at radius 2 is 2.11 bits per heavy atom. The molecular weight excluding hydrogens is 248 g/mol. The van der Waals surface area contributed by atoms with E-state index in [9.17, 15) is 13.6 Å². The molecule has 0 radical (unpaired) electrons. The first-order chi connectivity index (χ1) is 8.60. The first-order valence-corrected chi connectivity index (χ1v) is 5.26. The zero-order valence-electron chi connectivity index (χ0n) is 9.28. The molecule has 18 heavy (non-hydrogen) atoms. The maximum atomic E-state index is 13.4. The molecule has 1 heterocycles. The third kappa shape index (κ3) is 2.67. The molecule has 0 bridgehead atoms. The smallest absolute Gasteiger partial charge is 0.407 e. The molecule has 1 saturated heterocycles. The second kappa shape index (κ2) is 5.18. The molecule has 0 aromatic heterocycles. The first-order valence-electron chi connectivity index (χ1n) is 5.26. The molecule has 1 unspecified atom stereocenters. The SMILES string of the molecule is O=C1NCC(COc2c(F)cc(CO)cc2F)O1. The van der Waals surface area contributed by atoms with Crippen LogP contribution in [0.4, 0.5) is 13.6 Å². The topological polar surface area (TPSA) is 67.8 Å². The molecule has 0 saturated carbocycles. The van der Waals surface area contributed by atoms with E-state index >= 15 is 0 Å². The molecule has 1 fully saturated rings. The summed E-state index contributed by atoms with van der Waals surface area (Å²) in [7, 11) is 0. The summed E-state index contributed by atoms with van der Waals surface area (Å²) in [6.07, 6.45) is -1.16. The highest BCUT2D eigenvalue weighted by Crippen LogP contribution is 2.23. The predicted octanol–water partition coefficient (Wildman–Crippen LogP) is 0.944. The van der Waals surface area contributed by atoms with Gasteiger partial charge in [-0.05, 0) is 17.7 Å². The van der Waals surface area contributed by atoms with Gasteiger partial charge in [0.1, 0.15) is 6.61 Å². The molecule has 0 spiro atoms. The lowest BCUT2D eigenvalue weighted by molar-refractivity contribution is 0.101. The Hall–Kier alpha value is -1.89. The van der Waals surface area contributed by atoms with Crippen molar-refractivity contribution in [2.24, 2.45) is 0 Å². The van der Waals surface area contributed by atoms with Gasteiger partial charge in [-0.2, -0.15) is 0 Å². The number of amides is 1. The van der Waals surface area contributed by atoms with E-state index < -0.39 is 36.2 Å². The number of carbonyl (C=O) groups excluding carboxylic acids is 1. The van der Waals surface area contributed by atoms with Crippen LogP contribution in [0.15, 0.2) is 12.1 Å². The number of halogens is 2. The Morgan fingerprint density at radius 3 is 2.61 bits per heavy atom. The van der Waals surface area contributed by atoms with Crippen molar-refractivity contribution >= 4 is 6.09 Å². The van der Waals surface area contributed by atoms with Crippen molar-refractivity contribution in [3.05, 3.63) is 29.3 Å². The van der Waals surface area contributed by atoms with Gasteiger partial charge in [0.2, 0.25) is 0 Å². The fourth-order valence-electron chi connectivity index (χ4n) is 1.54. The largest absolute Gasteiger partial charge is 0.484 e. The minimum absolute atomic E-state index is 0.117. The minimum Gasteiger partial charge on any atom is -0.484 e. The highest BCUT2D eigenvalue weighted by Gasteiger charge is 2.24. The van der Waals surface area contributed by atoms with Crippen LogP contribution < -0.4 is 10.1 Å². The molecule has 98 valence electrons. The number of rotatable bonds is 4. The van der Waals surface area contributed by atoms with E-state index in [0.717, 1.165) is 12.1 Å². The number of carbonyl (C=O) groups is 1. The van der Waals surface area contributed by atoms with Crippen molar-refractivity contribution in [3.8, 4) is 5.75 Å². The number of alkyl carbamates (subject to hydrolysis) is 1. The predicted molar refractivity (Wildman–Crippen MR) is 56.0 cm³/mol. The number of cyclic esters (lactones) is 1. The second-order valence-corrected chi connectivity index (χ2v) is 3.77. The summed E-state index contributed by atoms with van der Waals surface area (Å²) < 4.78 is 36.6. The fraction of sp³-hybridized carbons (Fsp3) is 0.364. The number of ether oxygens (including phenoxy) is 2. The average Bonchev–Trinajstić information content (AvgIpc) is 2.73. The van der Waals surface area contributed by atoms with Crippen molar-refractivity contribution in [2.45, 2.75) is 12.7 Å². The minimum atomic E-state index is -0.906. The van der Waals surface area contributed by atoms with Gasteiger partial charge in [-0.3, -0.25) is 0 Å². The van der Waals surface area contributed by atoms with Crippen molar-refractivity contribution in [2.75, 3.05) is 13.2 Å².